The Morgan fingerprint density at radius 2 is 2.28 bits per heavy atom. The number of aliphatic hydroxyl groups excluding tert-OH is 1. The minimum Gasteiger partial charge on any atom is -0.488 e. The largest absolute Gasteiger partial charge is 0.488 e. The Hall–Kier alpha value is -0.580. The van der Waals surface area contributed by atoms with Gasteiger partial charge in [0.2, 0.25) is 0 Å². The summed E-state index contributed by atoms with van der Waals surface area (Å²) < 4.78 is 7.04. The molecule has 0 fully saturated rings. The minimum atomic E-state index is 0.214. The summed E-state index contributed by atoms with van der Waals surface area (Å²) in [6.45, 7) is 5.01. The van der Waals surface area contributed by atoms with Crippen LogP contribution in [0.25, 0.3) is 0 Å². The fourth-order valence-corrected chi connectivity index (χ4v) is 2.84. The van der Waals surface area contributed by atoms with Gasteiger partial charge in [-0.1, -0.05) is 22.9 Å². The zero-order valence-corrected chi connectivity index (χ0v) is 12.3. The number of fused-ring (bicyclic) bond motifs is 1. The highest BCUT2D eigenvalue weighted by Crippen LogP contribution is 2.31. The first kappa shape index (κ1) is 13.8. The fourth-order valence-electron chi connectivity index (χ4n) is 2.43. The molecule has 1 aliphatic rings. The van der Waals surface area contributed by atoms with E-state index in [1.807, 2.05) is 12.1 Å². The third-order valence-corrected chi connectivity index (χ3v) is 3.67. The molecule has 0 aromatic heterocycles. The number of nitrogens with zero attached hydrogens (tertiary/aromatic N) is 1. The number of hydrogen-bond acceptors (Lipinski definition) is 3. The summed E-state index contributed by atoms with van der Waals surface area (Å²) in [6, 6.07) is 6.17. The molecule has 0 amide bonds. The first-order valence-corrected chi connectivity index (χ1v) is 7.30. The molecular formula is C14H20BrNO2. The van der Waals surface area contributed by atoms with Crippen LogP contribution in [0.1, 0.15) is 18.9 Å². The Bertz CT molecular complexity index is 391. The van der Waals surface area contributed by atoms with Gasteiger partial charge in [0.05, 0.1) is 6.61 Å². The number of hydrogen-bond donors (Lipinski definition) is 1. The second-order valence-corrected chi connectivity index (χ2v) is 5.64. The van der Waals surface area contributed by atoms with Crippen molar-refractivity contribution in [1.82, 2.24) is 4.90 Å². The molecule has 1 aromatic rings. The number of ether oxygens (including phenoxy) is 1. The van der Waals surface area contributed by atoms with Gasteiger partial charge in [-0.15, -0.1) is 0 Å². The first-order chi connectivity index (χ1) is 8.72. The number of benzene rings is 1. The van der Waals surface area contributed by atoms with Gasteiger partial charge in [-0.2, -0.15) is 0 Å². The summed E-state index contributed by atoms with van der Waals surface area (Å²) in [5.41, 5.74) is 1.27. The molecule has 1 N–H and O–H groups in total. The molecule has 1 atom stereocenters. The molecule has 0 saturated carbocycles. The van der Waals surface area contributed by atoms with Gasteiger partial charge in [-0.3, -0.25) is 4.90 Å². The average Bonchev–Trinajstić information content (AvgIpc) is 2.71. The van der Waals surface area contributed by atoms with Crippen LogP contribution in [0, 0.1) is 0 Å². The molecule has 18 heavy (non-hydrogen) atoms. The Morgan fingerprint density at radius 1 is 1.44 bits per heavy atom. The molecule has 0 radical (unpaired) electrons. The van der Waals surface area contributed by atoms with Crippen molar-refractivity contribution in [2.75, 3.05) is 26.2 Å². The van der Waals surface area contributed by atoms with Crippen LogP contribution < -0.4 is 4.74 Å². The van der Waals surface area contributed by atoms with E-state index in [0.717, 1.165) is 42.7 Å². The normalized spacial score (nSPS) is 17.9. The lowest BCUT2D eigenvalue weighted by atomic mass is 10.1. The summed E-state index contributed by atoms with van der Waals surface area (Å²) in [5, 5.41) is 9.06. The van der Waals surface area contributed by atoms with E-state index >= 15 is 0 Å². The molecule has 3 nitrogen and oxygen atoms in total. The maximum Gasteiger partial charge on any atom is 0.123 e. The van der Waals surface area contributed by atoms with Crippen molar-refractivity contribution in [2.24, 2.45) is 0 Å². The molecule has 0 spiro atoms. The third-order valence-electron chi connectivity index (χ3n) is 3.18. The molecule has 2 rings (SSSR count). The average molecular weight is 314 g/mol. The maximum atomic E-state index is 9.06. The van der Waals surface area contributed by atoms with E-state index in [0.29, 0.717) is 0 Å². The van der Waals surface area contributed by atoms with Crippen LogP contribution in [0.4, 0.5) is 0 Å². The highest BCUT2D eigenvalue weighted by Gasteiger charge is 2.24. The first-order valence-electron chi connectivity index (χ1n) is 6.51. The summed E-state index contributed by atoms with van der Waals surface area (Å²) >= 11 is 3.49. The number of rotatable bonds is 6. The van der Waals surface area contributed by atoms with Gasteiger partial charge >= 0.3 is 0 Å². The van der Waals surface area contributed by atoms with Gasteiger partial charge in [0, 0.05) is 24.0 Å². The quantitative estimate of drug-likeness (QED) is 0.875. The van der Waals surface area contributed by atoms with Crippen molar-refractivity contribution >= 4 is 15.9 Å². The van der Waals surface area contributed by atoms with E-state index in [9.17, 15) is 0 Å². The molecule has 0 aliphatic carbocycles. The topological polar surface area (TPSA) is 32.7 Å². The van der Waals surface area contributed by atoms with E-state index in [-0.39, 0.29) is 12.7 Å². The van der Waals surface area contributed by atoms with Crippen molar-refractivity contribution in [2.45, 2.75) is 25.9 Å². The lowest BCUT2D eigenvalue weighted by Crippen LogP contribution is -2.37. The predicted octanol–water partition coefficient (Wildman–Crippen LogP) is 2.46. The molecule has 0 saturated heterocycles. The molecule has 1 aromatic carbocycles. The third kappa shape index (κ3) is 3.46. The smallest absolute Gasteiger partial charge is 0.123 e. The zero-order chi connectivity index (χ0) is 13.0. The van der Waals surface area contributed by atoms with E-state index in [1.165, 1.54) is 5.56 Å². The second-order valence-electron chi connectivity index (χ2n) is 4.72. The summed E-state index contributed by atoms with van der Waals surface area (Å²) in [7, 11) is 0. The van der Waals surface area contributed by atoms with Gasteiger partial charge in [-0.05, 0) is 36.7 Å². The Morgan fingerprint density at radius 3 is 3.00 bits per heavy atom. The maximum absolute atomic E-state index is 9.06. The van der Waals surface area contributed by atoms with Crippen LogP contribution in [-0.4, -0.2) is 42.4 Å². The van der Waals surface area contributed by atoms with Gasteiger partial charge in [-0.25, -0.2) is 0 Å². The summed E-state index contributed by atoms with van der Waals surface area (Å²) in [6.07, 6.45) is 2.28. The fraction of sp³-hybridized carbons (Fsp3) is 0.571. The monoisotopic (exact) mass is 313 g/mol. The molecule has 1 aliphatic heterocycles. The highest BCUT2D eigenvalue weighted by atomic mass is 79.9. The van der Waals surface area contributed by atoms with Crippen molar-refractivity contribution in [3.63, 3.8) is 0 Å². The molecule has 4 heteroatoms. The zero-order valence-electron chi connectivity index (χ0n) is 10.7. The van der Waals surface area contributed by atoms with Crippen molar-refractivity contribution < 1.29 is 9.84 Å². The Labute approximate surface area is 117 Å². The lowest BCUT2D eigenvalue weighted by molar-refractivity contribution is 0.129. The van der Waals surface area contributed by atoms with E-state index in [4.69, 9.17) is 9.84 Å². The van der Waals surface area contributed by atoms with E-state index in [1.54, 1.807) is 0 Å². The standard InChI is InChI=1S/C14H20BrNO2/c1-2-5-16(6-7-17)10-13-9-11-8-12(15)3-4-14(11)18-13/h3-4,8,13,17H,2,5-7,9-10H2,1H3. The molecule has 100 valence electrons. The lowest BCUT2D eigenvalue weighted by Gasteiger charge is -2.23. The van der Waals surface area contributed by atoms with E-state index in [2.05, 4.69) is 33.8 Å². The SMILES string of the molecule is CCCN(CCO)CC1Cc2cc(Br)ccc2O1. The predicted molar refractivity (Wildman–Crippen MR) is 76.1 cm³/mol. The minimum absolute atomic E-state index is 0.214. The molecule has 0 bridgehead atoms. The van der Waals surface area contributed by atoms with Gasteiger partial charge < -0.3 is 9.84 Å². The number of halogens is 1. The Kier molecular flexibility index (Phi) is 5.03. The van der Waals surface area contributed by atoms with Gasteiger partial charge in [0.1, 0.15) is 11.9 Å². The number of aliphatic hydroxyl groups is 1. The highest BCUT2D eigenvalue weighted by molar-refractivity contribution is 9.10. The Balaban J connectivity index is 1.93. The van der Waals surface area contributed by atoms with Crippen molar-refractivity contribution in [3.8, 4) is 5.75 Å². The van der Waals surface area contributed by atoms with Crippen LogP contribution in [0.3, 0.4) is 0 Å². The summed E-state index contributed by atoms with van der Waals surface area (Å²) in [5.74, 6) is 1.00. The van der Waals surface area contributed by atoms with Crippen LogP contribution in [-0.2, 0) is 6.42 Å². The van der Waals surface area contributed by atoms with Crippen molar-refractivity contribution in [1.29, 1.82) is 0 Å². The van der Waals surface area contributed by atoms with Crippen molar-refractivity contribution in [3.05, 3.63) is 28.2 Å². The van der Waals surface area contributed by atoms with E-state index < -0.39 is 0 Å². The molecular weight excluding hydrogens is 294 g/mol. The van der Waals surface area contributed by atoms with Gasteiger partial charge in [0.25, 0.3) is 0 Å². The second kappa shape index (κ2) is 6.55. The van der Waals surface area contributed by atoms with Crippen LogP contribution in [0.15, 0.2) is 22.7 Å². The summed E-state index contributed by atoms with van der Waals surface area (Å²) in [4.78, 5) is 2.27. The van der Waals surface area contributed by atoms with Crippen LogP contribution in [0.5, 0.6) is 5.75 Å². The van der Waals surface area contributed by atoms with Crippen LogP contribution in [0.2, 0.25) is 0 Å². The van der Waals surface area contributed by atoms with Gasteiger partial charge in [0.15, 0.2) is 0 Å². The molecule has 1 unspecified atom stereocenters. The van der Waals surface area contributed by atoms with Crippen LogP contribution >= 0.6 is 15.9 Å². The molecule has 1 heterocycles.